The van der Waals surface area contributed by atoms with Crippen LogP contribution in [-0.4, -0.2) is 17.4 Å². The molecule has 0 heterocycles. The van der Waals surface area contributed by atoms with Gasteiger partial charge in [-0.25, -0.2) is 0 Å². The van der Waals surface area contributed by atoms with Gasteiger partial charge in [0.25, 0.3) is 5.69 Å². The van der Waals surface area contributed by atoms with Gasteiger partial charge in [-0.2, -0.15) is 0 Å². The normalized spacial score (nSPS) is 10.2. The van der Waals surface area contributed by atoms with Crippen LogP contribution in [-0.2, 0) is 4.79 Å². The molecular formula is C16H15ClN2O4. The number of carbonyl (C=O) groups excluding carboxylic acids is 1. The zero-order valence-electron chi connectivity index (χ0n) is 12.4. The first-order valence-corrected chi connectivity index (χ1v) is 7.27. The van der Waals surface area contributed by atoms with Crippen molar-refractivity contribution in [1.29, 1.82) is 0 Å². The fourth-order valence-electron chi connectivity index (χ4n) is 1.90. The van der Waals surface area contributed by atoms with E-state index >= 15 is 0 Å². The standard InChI is InChI=1S/C16H15ClN2O4/c1-11-3-2-4-13(9-11)23-8-7-16(20)18-15-10-12(19(21)22)5-6-14(15)17/h2-6,9-10H,7-8H2,1H3,(H,18,20). The van der Waals surface area contributed by atoms with E-state index in [1.807, 2.05) is 31.2 Å². The number of nitrogens with zero attached hydrogens (tertiary/aromatic N) is 1. The van der Waals surface area contributed by atoms with Crippen molar-refractivity contribution in [3.63, 3.8) is 0 Å². The number of nitro groups is 1. The molecule has 2 aromatic rings. The lowest BCUT2D eigenvalue weighted by Gasteiger charge is -2.09. The van der Waals surface area contributed by atoms with Crippen LogP contribution in [0, 0.1) is 17.0 Å². The van der Waals surface area contributed by atoms with Crippen molar-refractivity contribution >= 4 is 28.9 Å². The predicted octanol–water partition coefficient (Wildman–Crippen LogP) is 3.96. The number of hydrogen-bond donors (Lipinski definition) is 1. The van der Waals surface area contributed by atoms with Gasteiger partial charge in [0.05, 0.1) is 28.7 Å². The van der Waals surface area contributed by atoms with Crippen molar-refractivity contribution in [3.05, 3.63) is 63.2 Å². The summed E-state index contributed by atoms with van der Waals surface area (Å²) in [5.74, 6) is 0.353. The largest absolute Gasteiger partial charge is 0.493 e. The Labute approximate surface area is 138 Å². The van der Waals surface area contributed by atoms with Crippen LogP contribution in [0.4, 0.5) is 11.4 Å². The van der Waals surface area contributed by atoms with Crippen LogP contribution in [0.5, 0.6) is 5.75 Å². The first-order valence-electron chi connectivity index (χ1n) is 6.89. The van der Waals surface area contributed by atoms with Gasteiger partial charge in [0.1, 0.15) is 5.75 Å². The van der Waals surface area contributed by atoms with Gasteiger partial charge in [0.2, 0.25) is 5.91 Å². The van der Waals surface area contributed by atoms with E-state index in [0.29, 0.717) is 5.75 Å². The lowest BCUT2D eigenvalue weighted by molar-refractivity contribution is -0.384. The Morgan fingerprint density at radius 2 is 2.09 bits per heavy atom. The zero-order valence-corrected chi connectivity index (χ0v) is 13.2. The van der Waals surface area contributed by atoms with E-state index < -0.39 is 4.92 Å². The van der Waals surface area contributed by atoms with Crippen LogP contribution in [0.2, 0.25) is 5.02 Å². The van der Waals surface area contributed by atoms with Crippen molar-refractivity contribution < 1.29 is 14.5 Å². The molecule has 0 aliphatic heterocycles. The number of anilines is 1. The van der Waals surface area contributed by atoms with E-state index in [4.69, 9.17) is 16.3 Å². The lowest BCUT2D eigenvalue weighted by Crippen LogP contribution is -2.15. The number of non-ortho nitro benzene ring substituents is 1. The first-order chi connectivity index (χ1) is 11.0. The summed E-state index contributed by atoms with van der Waals surface area (Å²) in [4.78, 5) is 22.1. The maximum absolute atomic E-state index is 11.9. The lowest BCUT2D eigenvalue weighted by atomic mass is 10.2. The second-order valence-electron chi connectivity index (χ2n) is 4.88. The number of ether oxygens (including phenoxy) is 1. The Balaban J connectivity index is 1.90. The Morgan fingerprint density at radius 3 is 2.78 bits per heavy atom. The molecule has 2 rings (SSSR count). The number of benzene rings is 2. The Hall–Kier alpha value is -2.60. The van der Waals surface area contributed by atoms with E-state index in [1.54, 1.807) is 0 Å². The van der Waals surface area contributed by atoms with Crippen LogP contribution in [0.25, 0.3) is 0 Å². The fraction of sp³-hybridized carbons (Fsp3) is 0.188. The molecule has 0 aromatic heterocycles. The third-order valence-electron chi connectivity index (χ3n) is 3.02. The number of amides is 1. The van der Waals surface area contributed by atoms with E-state index in [0.717, 1.165) is 5.56 Å². The van der Waals surface area contributed by atoms with E-state index in [1.165, 1.54) is 18.2 Å². The molecule has 0 atom stereocenters. The number of aryl methyl sites for hydroxylation is 1. The quantitative estimate of drug-likeness (QED) is 0.640. The summed E-state index contributed by atoms with van der Waals surface area (Å²) >= 11 is 5.92. The molecule has 0 radical (unpaired) electrons. The van der Waals surface area contributed by atoms with Crippen LogP contribution in [0.3, 0.4) is 0 Å². The number of nitrogens with one attached hydrogen (secondary N) is 1. The zero-order chi connectivity index (χ0) is 16.8. The Morgan fingerprint density at radius 1 is 1.30 bits per heavy atom. The summed E-state index contributed by atoms with van der Waals surface area (Å²) in [6.45, 7) is 2.14. The molecule has 6 nitrogen and oxygen atoms in total. The van der Waals surface area contributed by atoms with Crippen LogP contribution in [0.15, 0.2) is 42.5 Å². The topological polar surface area (TPSA) is 81.5 Å². The average Bonchev–Trinajstić information content (AvgIpc) is 2.49. The summed E-state index contributed by atoms with van der Waals surface area (Å²) in [5.41, 5.74) is 1.14. The molecule has 0 fully saturated rings. The number of nitro benzene ring substituents is 1. The minimum Gasteiger partial charge on any atom is -0.493 e. The SMILES string of the molecule is Cc1cccc(OCCC(=O)Nc2cc([N+](=O)[O-])ccc2Cl)c1. The van der Waals surface area contributed by atoms with Crippen LogP contribution < -0.4 is 10.1 Å². The van der Waals surface area contributed by atoms with Crippen LogP contribution >= 0.6 is 11.6 Å². The van der Waals surface area contributed by atoms with Gasteiger partial charge < -0.3 is 10.1 Å². The van der Waals surface area contributed by atoms with Gasteiger partial charge in [-0.05, 0) is 30.7 Å². The maximum Gasteiger partial charge on any atom is 0.271 e. The highest BCUT2D eigenvalue weighted by Gasteiger charge is 2.12. The first kappa shape index (κ1) is 16.8. The molecule has 0 bridgehead atoms. The smallest absolute Gasteiger partial charge is 0.271 e. The van der Waals surface area contributed by atoms with Crippen molar-refractivity contribution in [3.8, 4) is 5.75 Å². The molecule has 7 heteroatoms. The molecule has 2 aromatic carbocycles. The highest BCUT2D eigenvalue weighted by molar-refractivity contribution is 6.33. The molecule has 0 saturated heterocycles. The highest BCUT2D eigenvalue weighted by atomic mass is 35.5. The van der Waals surface area contributed by atoms with Crippen molar-refractivity contribution in [2.45, 2.75) is 13.3 Å². The Bertz CT molecular complexity index is 734. The molecule has 120 valence electrons. The number of halogens is 1. The van der Waals surface area contributed by atoms with Gasteiger partial charge in [-0.3, -0.25) is 14.9 Å². The second kappa shape index (κ2) is 7.60. The van der Waals surface area contributed by atoms with Gasteiger partial charge in [-0.1, -0.05) is 23.7 Å². The molecule has 0 spiro atoms. The van der Waals surface area contributed by atoms with E-state index in [2.05, 4.69) is 5.32 Å². The summed E-state index contributed by atoms with van der Waals surface area (Å²) < 4.78 is 5.49. The number of hydrogen-bond acceptors (Lipinski definition) is 4. The average molecular weight is 335 g/mol. The highest BCUT2D eigenvalue weighted by Crippen LogP contribution is 2.26. The van der Waals surface area contributed by atoms with Crippen molar-refractivity contribution in [1.82, 2.24) is 0 Å². The van der Waals surface area contributed by atoms with E-state index in [9.17, 15) is 14.9 Å². The van der Waals surface area contributed by atoms with Gasteiger partial charge >= 0.3 is 0 Å². The number of rotatable bonds is 6. The summed E-state index contributed by atoms with van der Waals surface area (Å²) in [6.07, 6.45) is 0.104. The third-order valence-corrected chi connectivity index (χ3v) is 3.35. The van der Waals surface area contributed by atoms with E-state index in [-0.39, 0.29) is 35.3 Å². The molecule has 0 aliphatic carbocycles. The van der Waals surface area contributed by atoms with Crippen molar-refractivity contribution in [2.24, 2.45) is 0 Å². The van der Waals surface area contributed by atoms with Crippen molar-refractivity contribution in [2.75, 3.05) is 11.9 Å². The predicted molar refractivity (Wildman–Crippen MR) is 88.0 cm³/mol. The Kier molecular flexibility index (Phi) is 5.54. The summed E-state index contributed by atoms with van der Waals surface area (Å²) in [7, 11) is 0. The molecule has 0 unspecified atom stereocenters. The molecule has 23 heavy (non-hydrogen) atoms. The monoisotopic (exact) mass is 334 g/mol. The summed E-state index contributed by atoms with van der Waals surface area (Å²) in [5, 5.41) is 13.5. The molecule has 1 N–H and O–H groups in total. The fourth-order valence-corrected chi connectivity index (χ4v) is 2.07. The molecular weight excluding hydrogens is 320 g/mol. The van der Waals surface area contributed by atoms with Gasteiger partial charge in [0, 0.05) is 12.1 Å². The molecule has 0 saturated carbocycles. The molecule has 0 aliphatic rings. The minimum absolute atomic E-state index is 0.104. The molecule has 1 amide bonds. The van der Waals surface area contributed by atoms with Gasteiger partial charge in [0.15, 0.2) is 0 Å². The second-order valence-corrected chi connectivity index (χ2v) is 5.29. The maximum atomic E-state index is 11.9. The van der Waals surface area contributed by atoms with Crippen LogP contribution in [0.1, 0.15) is 12.0 Å². The third kappa shape index (κ3) is 4.96. The minimum atomic E-state index is -0.549. The van der Waals surface area contributed by atoms with Gasteiger partial charge in [-0.15, -0.1) is 0 Å². The summed E-state index contributed by atoms with van der Waals surface area (Å²) in [6, 6.07) is 11.4. The number of carbonyl (C=O) groups is 1.